The van der Waals surface area contributed by atoms with Gasteiger partial charge in [0, 0.05) is 12.1 Å². The van der Waals surface area contributed by atoms with Gasteiger partial charge in [0.25, 0.3) is 0 Å². The first-order valence-electron chi connectivity index (χ1n) is 15.1. The Morgan fingerprint density at radius 3 is 2.02 bits per heavy atom. The summed E-state index contributed by atoms with van der Waals surface area (Å²) in [6.45, 7) is 5.42. The van der Waals surface area contributed by atoms with Gasteiger partial charge in [-0.3, -0.25) is 4.99 Å². The largest absolute Gasteiger partial charge is 0.342 e. The molecule has 3 heteroatoms. The van der Waals surface area contributed by atoms with Crippen LogP contribution in [0.1, 0.15) is 78.9 Å². The van der Waals surface area contributed by atoms with Crippen LogP contribution >= 0.6 is 7.92 Å². The van der Waals surface area contributed by atoms with E-state index < -0.39 is 0 Å². The first kappa shape index (κ1) is 27.0. The van der Waals surface area contributed by atoms with Crippen LogP contribution in [0.5, 0.6) is 0 Å². The Labute approximate surface area is 241 Å². The molecule has 6 rings (SSSR count). The summed E-state index contributed by atoms with van der Waals surface area (Å²) in [5, 5.41) is 1.56. The van der Waals surface area contributed by atoms with Crippen LogP contribution in [0.15, 0.2) is 114 Å². The predicted molar refractivity (Wildman–Crippen MR) is 172 cm³/mol. The topological polar surface area (TPSA) is 15.6 Å². The van der Waals surface area contributed by atoms with Gasteiger partial charge >= 0.3 is 0 Å². The Hall–Kier alpha value is -3.22. The Balaban J connectivity index is 1.49. The third-order valence-corrected chi connectivity index (χ3v) is 11.8. The molecule has 0 aromatic heterocycles. The molecule has 3 atom stereocenters. The zero-order chi connectivity index (χ0) is 27.3. The minimum absolute atomic E-state index is 0.0413. The van der Waals surface area contributed by atoms with Gasteiger partial charge in [-0.05, 0) is 53.6 Å². The molecule has 1 aliphatic heterocycles. The highest BCUT2D eigenvalue weighted by Crippen LogP contribution is 2.49. The number of rotatable bonds is 8. The first-order valence-corrected chi connectivity index (χ1v) is 16.7. The quantitative estimate of drug-likeness (QED) is 0.202. The molecule has 4 aromatic rings. The Bertz CT molecular complexity index is 1410. The number of aryl methyl sites for hydroxylation is 1. The van der Waals surface area contributed by atoms with Crippen molar-refractivity contribution in [2.75, 3.05) is 6.16 Å². The van der Waals surface area contributed by atoms with Crippen molar-refractivity contribution in [1.82, 2.24) is 4.90 Å². The number of hydrogen-bond acceptors (Lipinski definition) is 2. The monoisotopic (exact) mass is 544 g/mol. The smallest absolute Gasteiger partial charge is 0.133 e. The predicted octanol–water partition coefficient (Wildman–Crippen LogP) is 9.20. The van der Waals surface area contributed by atoms with E-state index in [2.05, 4.69) is 128 Å². The second-order valence-corrected chi connectivity index (χ2v) is 14.2. The number of benzene rings is 4. The molecular formula is C37H41N2P. The Kier molecular flexibility index (Phi) is 8.45. The van der Waals surface area contributed by atoms with Crippen LogP contribution in [0, 0.1) is 6.92 Å². The van der Waals surface area contributed by atoms with Gasteiger partial charge in [-0.1, -0.05) is 149 Å². The van der Waals surface area contributed by atoms with E-state index in [0.29, 0.717) is 0 Å². The molecule has 4 aromatic carbocycles. The fourth-order valence-electron chi connectivity index (χ4n) is 6.72. The molecule has 1 unspecified atom stereocenters. The zero-order valence-corrected chi connectivity index (χ0v) is 24.8. The van der Waals surface area contributed by atoms with E-state index in [4.69, 9.17) is 4.99 Å². The highest BCUT2D eigenvalue weighted by atomic mass is 31.1. The SMILES string of the molecule is CCP(c1ccccc1C1=N[C@@H](c2ccccc2)[C@H](c2ccccc2)N1Cc1ccc(C)cc1)C1CCCCC1. The summed E-state index contributed by atoms with van der Waals surface area (Å²) in [4.78, 5) is 8.27. The fourth-order valence-corrected chi connectivity index (χ4v) is 9.72. The highest BCUT2D eigenvalue weighted by Gasteiger charge is 2.40. The van der Waals surface area contributed by atoms with Crippen LogP contribution in [-0.4, -0.2) is 22.6 Å². The molecule has 1 saturated carbocycles. The van der Waals surface area contributed by atoms with Crippen molar-refractivity contribution in [2.45, 2.75) is 70.2 Å². The van der Waals surface area contributed by atoms with Gasteiger partial charge < -0.3 is 4.90 Å². The lowest BCUT2D eigenvalue weighted by Gasteiger charge is -2.34. The number of amidine groups is 1. The van der Waals surface area contributed by atoms with Gasteiger partial charge in [-0.2, -0.15) is 0 Å². The van der Waals surface area contributed by atoms with Gasteiger partial charge in [0.05, 0.1) is 6.04 Å². The van der Waals surface area contributed by atoms with Crippen molar-refractivity contribution in [2.24, 2.45) is 4.99 Å². The molecule has 1 aliphatic carbocycles. The van der Waals surface area contributed by atoms with Gasteiger partial charge in [-0.15, -0.1) is 0 Å². The average molecular weight is 545 g/mol. The summed E-state index contributed by atoms with van der Waals surface area (Å²) in [6, 6.07) is 40.5. The zero-order valence-electron chi connectivity index (χ0n) is 23.9. The highest BCUT2D eigenvalue weighted by molar-refractivity contribution is 7.66. The standard InChI is InChI=1S/C37H41N2P/c1-3-40(32-19-11-6-12-20-32)34-22-14-13-21-33(34)37-38-35(30-15-7-4-8-16-30)36(31-17-9-5-10-18-31)39(37)27-29-25-23-28(2)24-26-29/h4-5,7-10,13-18,21-26,32,35-36H,3,6,11-12,19-20,27H2,1-2H3/t35-,36-,40?/m0/s1. The summed E-state index contributed by atoms with van der Waals surface area (Å²) in [5.74, 6) is 1.16. The van der Waals surface area contributed by atoms with Gasteiger partial charge in [-0.25, -0.2) is 0 Å². The molecule has 0 N–H and O–H groups in total. The molecule has 2 aliphatic rings. The van der Waals surface area contributed by atoms with Crippen LogP contribution in [0.25, 0.3) is 0 Å². The van der Waals surface area contributed by atoms with Crippen LogP contribution in [0.2, 0.25) is 0 Å². The summed E-state index contributed by atoms with van der Waals surface area (Å²) >= 11 is 0. The van der Waals surface area contributed by atoms with Crippen LogP contribution in [0.3, 0.4) is 0 Å². The van der Waals surface area contributed by atoms with E-state index >= 15 is 0 Å². The maximum Gasteiger partial charge on any atom is 0.133 e. The fraction of sp³-hybridized carbons (Fsp3) is 0.324. The van der Waals surface area contributed by atoms with Crippen LogP contribution in [-0.2, 0) is 6.54 Å². The molecule has 1 fully saturated rings. The van der Waals surface area contributed by atoms with E-state index in [0.717, 1.165) is 18.0 Å². The van der Waals surface area contributed by atoms with Crippen molar-refractivity contribution in [3.05, 3.63) is 137 Å². The van der Waals surface area contributed by atoms with Gasteiger partial charge in [0.1, 0.15) is 11.9 Å². The first-order chi connectivity index (χ1) is 19.7. The Morgan fingerprint density at radius 2 is 1.35 bits per heavy atom. The van der Waals surface area contributed by atoms with E-state index in [1.165, 1.54) is 66.1 Å². The van der Waals surface area contributed by atoms with Crippen molar-refractivity contribution < 1.29 is 0 Å². The maximum atomic E-state index is 5.66. The maximum absolute atomic E-state index is 5.66. The van der Waals surface area contributed by atoms with E-state index in [1.54, 1.807) is 5.30 Å². The summed E-state index contributed by atoms with van der Waals surface area (Å²) in [6.07, 6.45) is 8.18. The average Bonchev–Trinajstić information content (AvgIpc) is 3.39. The van der Waals surface area contributed by atoms with Crippen LogP contribution in [0.4, 0.5) is 0 Å². The van der Waals surface area contributed by atoms with Gasteiger partial charge in [0.2, 0.25) is 0 Å². The summed E-state index contributed by atoms with van der Waals surface area (Å²) in [7, 11) is -0.236. The number of nitrogens with zero attached hydrogens (tertiary/aromatic N) is 2. The van der Waals surface area contributed by atoms with Crippen molar-refractivity contribution in [3.8, 4) is 0 Å². The van der Waals surface area contributed by atoms with E-state index in [1.807, 2.05) is 0 Å². The summed E-state index contributed by atoms with van der Waals surface area (Å²) < 4.78 is 0. The molecule has 2 nitrogen and oxygen atoms in total. The number of aliphatic imine (C=N–C) groups is 1. The van der Waals surface area contributed by atoms with Gasteiger partial charge in [0.15, 0.2) is 0 Å². The van der Waals surface area contributed by atoms with Crippen molar-refractivity contribution >= 4 is 19.1 Å². The second kappa shape index (κ2) is 12.5. The minimum atomic E-state index is -0.236. The normalized spacial score (nSPS) is 20.4. The van der Waals surface area contributed by atoms with E-state index in [-0.39, 0.29) is 20.0 Å². The molecule has 40 heavy (non-hydrogen) atoms. The molecular weight excluding hydrogens is 503 g/mol. The molecule has 0 bridgehead atoms. The lowest BCUT2D eigenvalue weighted by Crippen LogP contribution is -2.34. The summed E-state index contributed by atoms with van der Waals surface area (Å²) in [5.41, 5.74) is 7.42. The number of hydrogen-bond donors (Lipinski definition) is 0. The molecule has 0 saturated heterocycles. The lowest BCUT2D eigenvalue weighted by atomic mass is 9.93. The van der Waals surface area contributed by atoms with E-state index in [9.17, 15) is 0 Å². The molecule has 0 spiro atoms. The molecule has 1 heterocycles. The molecule has 0 amide bonds. The third-order valence-electron chi connectivity index (χ3n) is 8.73. The second-order valence-electron chi connectivity index (χ2n) is 11.4. The van der Waals surface area contributed by atoms with Crippen molar-refractivity contribution in [1.29, 1.82) is 0 Å². The van der Waals surface area contributed by atoms with Crippen LogP contribution < -0.4 is 5.30 Å². The minimum Gasteiger partial charge on any atom is -0.342 e. The Morgan fingerprint density at radius 1 is 0.725 bits per heavy atom. The third kappa shape index (κ3) is 5.65. The van der Waals surface area contributed by atoms with Crippen molar-refractivity contribution in [3.63, 3.8) is 0 Å². The lowest BCUT2D eigenvalue weighted by molar-refractivity contribution is 0.304. The molecule has 204 valence electrons. The molecule has 0 radical (unpaired) electrons.